The van der Waals surface area contributed by atoms with Crippen molar-refractivity contribution >= 4 is 0 Å². The van der Waals surface area contributed by atoms with E-state index >= 15 is 0 Å². The van der Waals surface area contributed by atoms with E-state index in [1.807, 2.05) is 0 Å². The van der Waals surface area contributed by atoms with Crippen LogP contribution in [0.3, 0.4) is 0 Å². The molecule has 0 aliphatic carbocycles. The van der Waals surface area contributed by atoms with Crippen LogP contribution < -0.4 is 0 Å². The highest BCUT2D eigenvalue weighted by molar-refractivity contribution is 4.82. The number of rotatable bonds is 4. The second kappa shape index (κ2) is 5.03. The summed E-state index contributed by atoms with van der Waals surface area (Å²) in [4.78, 5) is 0. The number of halogens is 3. The summed E-state index contributed by atoms with van der Waals surface area (Å²) in [5, 5.41) is 0. The molecule has 0 bridgehead atoms. The Morgan fingerprint density at radius 2 is 2.25 bits per heavy atom. The van der Waals surface area contributed by atoms with Gasteiger partial charge in [0.2, 0.25) is 0 Å². The molecule has 1 aliphatic rings. The highest BCUT2D eigenvalue weighted by Gasteiger charge is 2.59. The first-order valence-electron chi connectivity index (χ1n) is 4.59. The van der Waals surface area contributed by atoms with Crippen LogP contribution in [0.4, 0.5) is 13.2 Å². The van der Waals surface area contributed by atoms with Gasteiger partial charge in [-0.05, 0) is 0 Å². The average molecular weight is 242 g/mol. The molecule has 0 amide bonds. The summed E-state index contributed by atoms with van der Waals surface area (Å²) < 4.78 is 57.0. The molecular weight excluding hydrogens is 229 g/mol. The van der Waals surface area contributed by atoms with Crippen molar-refractivity contribution in [2.75, 3.05) is 20.3 Å². The van der Waals surface area contributed by atoms with Crippen molar-refractivity contribution in [2.24, 2.45) is 0 Å². The van der Waals surface area contributed by atoms with Gasteiger partial charge in [-0.1, -0.05) is 6.58 Å². The first-order valence-corrected chi connectivity index (χ1v) is 4.59. The monoisotopic (exact) mass is 242 g/mol. The van der Waals surface area contributed by atoms with Gasteiger partial charge in [-0.3, -0.25) is 0 Å². The van der Waals surface area contributed by atoms with Gasteiger partial charge in [0.05, 0.1) is 12.9 Å². The number of methoxy groups -OCH3 is 1. The minimum Gasteiger partial charge on any atom is -0.497 e. The van der Waals surface area contributed by atoms with E-state index in [1.54, 1.807) is 0 Å². The lowest BCUT2D eigenvalue weighted by Gasteiger charge is -2.40. The molecule has 94 valence electrons. The summed E-state index contributed by atoms with van der Waals surface area (Å²) in [5.41, 5.74) is 0. The van der Waals surface area contributed by atoms with Gasteiger partial charge in [0.25, 0.3) is 5.79 Å². The normalized spacial score (nSPS) is 31.1. The van der Waals surface area contributed by atoms with Crippen molar-refractivity contribution in [1.82, 2.24) is 0 Å². The fourth-order valence-electron chi connectivity index (χ4n) is 1.33. The Kier molecular flexibility index (Phi) is 4.17. The van der Waals surface area contributed by atoms with Gasteiger partial charge in [-0.25, -0.2) is 0 Å². The lowest BCUT2D eigenvalue weighted by molar-refractivity contribution is -0.434. The van der Waals surface area contributed by atoms with E-state index < -0.39 is 24.7 Å². The minimum atomic E-state index is -4.61. The second-order valence-corrected chi connectivity index (χ2v) is 3.12. The van der Waals surface area contributed by atoms with E-state index in [4.69, 9.17) is 14.2 Å². The molecule has 16 heavy (non-hydrogen) atoms. The van der Waals surface area contributed by atoms with E-state index in [1.165, 1.54) is 0 Å². The Morgan fingerprint density at radius 1 is 1.56 bits per heavy atom. The maximum atomic E-state index is 12.7. The molecule has 0 aromatic heterocycles. The van der Waals surface area contributed by atoms with Gasteiger partial charge in [-0.15, -0.1) is 0 Å². The van der Waals surface area contributed by atoms with Crippen LogP contribution in [0.25, 0.3) is 0 Å². The summed E-state index contributed by atoms with van der Waals surface area (Å²) in [7, 11) is 0.949. The topological polar surface area (TPSA) is 36.9 Å². The number of ether oxygens (including phenoxy) is 4. The standard InChI is InChI=1S/C9H13F3O4/c1-3-14-6-7-15-5-4-8(13-2,16-7)9(10,11)12/h3,7H,1,4-6H2,2H3. The molecule has 7 heteroatoms. The smallest absolute Gasteiger partial charge is 0.443 e. The predicted molar refractivity (Wildman–Crippen MR) is 47.4 cm³/mol. The van der Waals surface area contributed by atoms with E-state index in [2.05, 4.69) is 11.3 Å². The molecule has 0 aromatic carbocycles. The van der Waals surface area contributed by atoms with Crippen LogP contribution >= 0.6 is 0 Å². The molecule has 0 aromatic rings. The van der Waals surface area contributed by atoms with Crippen LogP contribution in [0.15, 0.2) is 12.8 Å². The van der Waals surface area contributed by atoms with Gasteiger partial charge < -0.3 is 18.9 Å². The summed E-state index contributed by atoms with van der Waals surface area (Å²) in [6, 6.07) is 0. The predicted octanol–water partition coefficient (Wildman–Crippen LogP) is 1.81. The van der Waals surface area contributed by atoms with Crippen LogP contribution in [0.2, 0.25) is 0 Å². The molecule has 2 atom stereocenters. The van der Waals surface area contributed by atoms with Crippen LogP contribution in [0.1, 0.15) is 6.42 Å². The number of hydrogen-bond donors (Lipinski definition) is 0. The molecular formula is C9H13F3O4. The zero-order valence-corrected chi connectivity index (χ0v) is 8.75. The molecule has 2 unspecified atom stereocenters. The van der Waals surface area contributed by atoms with Gasteiger partial charge in [-0.2, -0.15) is 13.2 Å². The fourth-order valence-corrected chi connectivity index (χ4v) is 1.33. The summed E-state index contributed by atoms with van der Waals surface area (Å²) in [6.07, 6.45) is -5.04. The maximum absolute atomic E-state index is 12.7. The SMILES string of the molecule is C=COCC1OCCC(OC)(C(F)(F)F)O1. The van der Waals surface area contributed by atoms with Gasteiger partial charge in [0.15, 0.2) is 6.29 Å². The Bertz CT molecular complexity index is 243. The molecule has 0 saturated carbocycles. The first kappa shape index (κ1) is 13.3. The maximum Gasteiger partial charge on any atom is 0.443 e. The van der Waals surface area contributed by atoms with Gasteiger partial charge in [0, 0.05) is 13.5 Å². The van der Waals surface area contributed by atoms with Crippen molar-refractivity contribution in [2.45, 2.75) is 24.7 Å². The lowest BCUT2D eigenvalue weighted by atomic mass is 10.1. The van der Waals surface area contributed by atoms with Crippen molar-refractivity contribution in [3.63, 3.8) is 0 Å². The third kappa shape index (κ3) is 2.66. The van der Waals surface area contributed by atoms with Crippen molar-refractivity contribution in [3.05, 3.63) is 12.8 Å². The molecule has 1 aliphatic heterocycles. The zero-order chi connectivity index (χ0) is 12.2. The Labute approximate surface area is 90.9 Å². The third-order valence-corrected chi connectivity index (χ3v) is 2.17. The molecule has 1 rings (SSSR count). The molecule has 0 radical (unpaired) electrons. The zero-order valence-electron chi connectivity index (χ0n) is 8.75. The van der Waals surface area contributed by atoms with E-state index in [0.29, 0.717) is 0 Å². The van der Waals surface area contributed by atoms with Crippen molar-refractivity contribution in [1.29, 1.82) is 0 Å². The van der Waals surface area contributed by atoms with E-state index in [9.17, 15) is 13.2 Å². The summed E-state index contributed by atoms with van der Waals surface area (Å²) in [5.74, 6) is -2.61. The van der Waals surface area contributed by atoms with Crippen LogP contribution in [-0.4, -0.2) is 38.6 Å². The Morgan fingerprint density at radius 3 is 2.75 bits per heavy atom. The van der Waals surface area contributed by atoms with Gasteiger partial charge in [0.1, 0.15) is 6.61 Å². The largest absolute Gasteiger partial charge is 0.497 e. The molecule has 0 spiro atoms. The highest BCUT2D eigenvalue weighted by atomic mass is 19.4. The molecule has 1 saturated heterocycles. The first-order chi connectivity index (χ1) is 7.45. The van der Waals surface area contributed by atoms with Crippen LogP contribution in [0.5, 0.6) is 0 Å². The summed E-state index contributed by atoms with van der Waals surface area (Å²) >= 11 is 0. The fraction of sp³-hybridized carbons (Fsp3) is 0.778. The minimum absolute atomic E-state index is 0.113. The number of hydrogen-bond acceptors (Lipinski definition) is 4. The van der Waals surface area contributed by atoms with Crippen LogP contribution in [-0.2, 0) is 18.9 Å². The quantitative estimate of drug-likeness (QED) is 0.704. The third-order valence-electron chi connectivity index (χ3n) is 2.17. The lowest BCUT2D eigenvalue weighted by Crippen LogP contribution is -2.56. The molecule has 1 heterocycles. The average Bonchev–Trinajstić information content (AvgIpc) is 2.25. The van der Waals surface area contributed by atoms with E-state index in [-0.39, 0.29) is 13.2 Å². The molecule has 0 N–H and O–H groups in total. The highest BCUT2D eigenvalue weighted by Crippen LogP contribution is 2.40. The van der Waals surface area contributed by atoms with Crippen molar-refractivity contribution < 1.29 is 32.1 Å². The second-order valence-electron chi connectivity index (χ2n) is 3.12. The Hall–Kier alpha value is -0.790. The number of alkyl halides is 3. The molecule has 4 nitrogen and oxygen atoms in total. The van der Waals surface area contributed by atoms with Crippen molar-refractivity contribution in [3.8, 4) is 0 Å². The van der Waals surface area contributed by atoms with E-state index in [0.717, 1.165) is 13.4 Å². The summed E-state index contributed by atoms with van der Waals surface area (Å²) in [6.45, 7) is 2.99. The Balaban J connectivity index is 2.69. The molecule has 1 fully saturated rings. The van der Waals surface area contributed by atoms with Gasteiger partial charge >= 0.3 is 6.18 Å². The van der Waals surface area contributed by atoms with Crippen LogP contribution in [0, 0.1) is 0 Å².